The third-order valence-electron chi connectivity index (χ3n) is 4.52. The molecular weight excluding hydrogens is 360 g/mol. The Morgan fingerprint density at radius 3 is 1.96 bits per heavy atom. The topological polar surface area (TPSA) is 82.1 Å². The lowest BCUT2D eigenvalue weighted by atomic mass is 10.1. The predicted molar refractivity (Wildman–Crippen MR) is 103 cm³/mol. The maximum absolute atomic E-state index is 11.3. The SMILES string of the molecule is CCOC(=O)Cc1ccc2c(c1)CCO2.O=C(O)Cc1ccc2c(c1)CCO2. The van der Waals surface area contributed by atoms with Gasteiger partial charge in [0.05, 0.1) is 32.7 Å². The van der Waals surface area contributed by atoms with Crippen molar-refractivity contribution in [2.45, 2.75) is 32.6 Å². The first-order valence-corrected chi connectivity index (χ1v) is 9.41. The molecule has 0 bridgehead atoms. The molecule has 0 aromatic heterocycles. The molecule has 2 aromatic carbocycles. The van der Waals surface area contributed by atoms with Crippen LogP contribution in [0.25, 0.3) is 0 Å². The van der Waals surface area contributed by atoms with Gasteiger partial charge in [0.2, 0.25) is 0 Å². The smallest absolute Gasteiger partial charge is 0.310 e. The minimum Gasteiger partial charge on any atom is -0.493 e. The fraction of sp³-hybridized carbons (Fsp3) is 0.364. The fourth-order valence-corrected chi connectivity index (χ4v) is 3.25. The number of esters is 1. The van der Waals surface area contributed by atoms with E-state index >= 15 is 0 Å². The Morgan fingerprint density at radius 1 is 0.929 bits per heavy atom. The van der Waals surface area contributed by atoms with Gasteiger partial charge in [-0.25, -0.2) is 0 Å². The summed E-state index contributed by atoms with van der Waals surface area (Å²) < 4.78 is 15.6. The minimum atomic E-state index is -0.793. The average Bonchev–Trinajstić information content (AvgIpc) is 3.30. The molecule has 0 unspecified atom stereocenters. The molecule has 0 saturated carbocycles. The highest BCUT2D eigenvalue weighted by Gasteiger charge is 2.14. The summed E-state index contributed by atoms with van der Waals surface area (Å²) in [4.78, 5) is 21.7. The van der Waals surface area contributed by atoms with E-state index < -0.39 is 5.97 Å². The number of carbonyl (C=O) groups is 2. The summed E-state index contributed by atoms with van der Waals surface area (Å²) in [5.74, 6) is 0.881. The molecule has 0 saturated heterocycles. The van der Waals surface area contributed by atoms with Crippen molar-refractivity contribution in [3.63, 3.8) is 0 Å². The molecule has 2 aromatic rings. The fourth-order valence-electron chi connectivity index (χ4n) is 3.25. The average molecular weight is 384 g/mol. The molecule has 148 valence electrons. The third kappa shape index (κ3) is 5.25. The summed E-state index contributed by atoms with van der Waals surface area (Å²) in [7, 11) is 0. The summed E-state index contributed by atoms with van der Waals surface area (Å²) in [5, 5.41) is 8.58. The van der Waals surface area contributed by atoms with Crippen molar-refractivity contribution in [2.75, 3.05) is 19.8 Å². The van der Waals surface area contributed by atoms with Crippen LogP contribution in [0.1, 0.15) is 29.2 Å². The van der Waals surface area contributed by atoms with Gasteiger partial charge >= 0.3 is 11.9 Å². The number of carbonyl (C=O) groups excluding carboxylic acids is 1. The van der Waals surface area contributed by atoms with Gasteiger partial charge in [0, 0.05) is 12.8 Å². The molecule has 0 amide bonds. The van der Waals surface area contributed by atoms with E-state index in [-0.39, 0.29) is 12.4 Å². The first-order chi connectivity index (χ1) is 13.5. The van der Waals surface area contributed by atoms with Gasteiger partial charge in [-0.15, -0.1) is 0 Å². The van der Waals surface area contributed by atoms with E-state index in [0.29, 0.717) is 19.6 Å². The molecule has 6 nitrogen and oxygen atoms in total. The van der Waals surface area contributed by atoms with E-state index in [9.17, 15) is 9.59 Å². The Labute approximate surface area is 164 Å². The van der Waals surface area contributed by atoms with Gasteiger partial charge in [-0.1, -0.05) is 24.3 Å². The van der Waals surface area contributed by atoms with Crippen LogP contribution in [0.4, 0.5) is 0 Å². The molecule has 1 N–H and O–H groups in total. The Hall–Kier alpha value is -3.02. The normalized spacial score (nSPS) is 13.3. The summed E-state index contributed by atoms with van der Waals surface area (Å²) in [6.07, 6.45) is 2.27. The lowest BCUT2D eigenvalue weighted by Crippen LogP contribution is -2.07. The first-order valence-electron chi connectivity index (χ1n) is 9.41. The number of carboxylic acid groups (broad SMARTS) is 1. The number of fused-ring (bicyclic) bond motifs is 2. The molecule has 2 heterocycles. The zero-order valence-electron chi connectivity index (χ0n) is 15.9. The van der Waals surface area contributed by atoms with Crippen molar-refractivity contribution >= 4 is 11.9 Å². The van der Waals surface area contributed by atoms with E-state index in [0.717, 1.165) is 47.6 Å². The number of benzene rings is 2. The van der Waals surface area contributed by atoms with Gasteiger partial charge in [-0.05, 0) is 41.3 Å². The number of hydrogen-bond acceptors (Lipinski definition) is 5. The summed E-state index contributed by atoms with van der Waals surface area (Å²) in [5.41, 5.74) is 4.16. The van der Waals surface area contributed by atoms with Crippen LogP contribution in [0.2, 0.25) is 0 Å². The van der Waals surface area contributed by atoms with Crippen LogP contribution in [-0.2, 0) is 40.0 Å². The number of carboxylic acids is 1. The molecular formula is C22H24O6. The van der Waals surface area contributed by atoms with Crippen LogP contribution in [-0.4, -0.2) is 36.9 Å². The van der Waals surface area contributed by atoms with E-state index in [1.807, 2.05) is 37.3 Å². The third-order valence-corrected chi connectivity index (χ3v) is 4.52. The monoisotopic (exact) mass is 384 g/mol. The van der Waals surface area contributed by atoms with Crippen LogP contribution in [0.15, 0.2) is 36.4 Å². The van der Waals surface area contributed by atoms with Crippen LogP contribution in [0.3, 0.4) is 0 Å². The Balaban J connectivity index is 0.000000162. The largest absolute Gasteiger partial charge is 0.493 e. The molecule has 0 radical (unpaired) electrons. The highest BCUT2D eigenvalue weighted by atomic mass is 16.5. The molecule has 2 aliphatic heterocycles. The van der Waals surface area contributed by atoms with Crippen LogP contribution in [0, 0.1) is 0 Å². The van der Waals surface area contributed by atoms with Crippen molar-refractivity contribution in [3.05, 3.63) is 58.7 Å². The second-order valence-corrected chi connectivity index (χ2v) is 6.63. The van der Waals surface area contributed by atoms with Gasteiger partial charge in [0.25, 0.3) is 0 Å². The summed E-state index contributed by atoms with van der Waals surface area (Å²) in [6, 6.07) is 11.4. The molecule has 28 heavy (non-hydrogen) atoms. The standard InChI is InChI=1S/C12H14O3.C10H10O3/c1-2-14-12(13)8-9-3-4-11-10(7-9)5-6-15-11;11-10(12)6-7-1-2-9-8(5-7)3-4-13-9/h3-4,7H,2,5-6,8H2,1H3;1-2,5H,3-4,6H2,(H,11,12). The zero-order valence-corrected chi connectivity index (χ0v) is 15.9. The second kappa shape index (κ2) is 9.26. The maximum atomic E-state index is 11.3. The van der Waals surface area contributed by atoms with Gasteiger partial charge in [-0.3, -0.25) is 9.59 Å². The lowest BCUT2D eigenvalue weighted by molar-refractivity contribution is -0.142. The van der Waals surface area contributed by atoms with Crippen LogP contribution < -0.4 is 9.47 Å². The quantitative estimate of drug-likeness (QED) is 0.798. The summed E-state index contributed by atoms with van der Waals surface area (Å²) in [6.45, 7) is 3.71. The highest BCUT2D eigenvalue weighted by molar-refractivity contribution is 5.72. The van der Waals surface area contributed by atoms with Crippen LogP contribution >= 0.6 is 0 Å². The summed E-state index contributed by atoms with van der Waals surface area (Å²) >= 11 is 0. The molecule has 0 fully saturated rings. The number of hydrogen-bond donors (Lipinski definition) is 1. The van der Waals surface area contributed by atoms with Crippen molar-refractivity contribution in [1.29, 1.82) is 0 Å². The minimum absolute atomic E-state index is 0.0906. The molecule has 0 spiro atoms. The van der Waals surface area contributed by atoms with Crippen molar-refractivity contribution in [1.82, 2.24) is 0 Å². The zero-order chi connectivity index (χ0) is 19.9. The molecule has 6 heteroatoms. The second-order valence-electron chi connectivity index (χ2n) is 6.63. The first kappa shape index (κ1) is 19.7. The number of ether oxygens (including phenoxy) is 3. The van der Waals surface area contributed by atoms with Crippen molar-refractivity contribution in [2.24, 2.45) is 0 Å². The van der Waals surface area contributed by atoms with E-state index in [4.69, 9.17) is 19.3 Å². The van der Waals surface area contributed by atoms with E-state index in [1.54, 1.807) is 6.07 Å². The van der Waals surface area contributed by atoms with Crippen molar-refractivity contribution in [3.8, 4) is 11.5 Å². The molecule has 2 aliphatic rings. The van der Waals surface area contributed by atoms with Gasteiger partial charge in [0.1, 0.15) is 11.5 Å². The van der Waals surface area contributed by atoms with E-state index in [1.165, 1.54) is 5.56 Å². The molecule has 0 atom stereocenters. The molecule has 0 aliphatic carbocycles. The highest BCUT2D eigenvalue weighted by Crippen LogP contribution is 2.26. The number of aliphatic carboxylic acids is 1. The van der Waals surface area contributed by atoms with Gasteiger partial charge in [0.15, 0.2) is 0 Å². The maximum Gasteiger partial charge on any atom is 0.310 e. The predicted octanol–water partition coefficient (Wildman–Crippen LogP) is 2.98. The van der Waals surface area contributed by atoms with E-state index in [2.05, 4.69) is 0 Å². The lowest BCUT2D eigenvalue weighted by Gasteiger charge is -2.04. The Bertz CT molecular complexity index is 858. The van der Waals surface area contributed by atoms with Gasteiger partial charge < -0.3 is 19.3 Å². The van der Waals surface area contributed by atoms with Gasteiger partial charge in [-0.2, -0.15) is 0 Å². The van der Waals surface area contributed by atoms with Crippen molar-refractivity contribution < 1.29 is 28.9 Å². The molecule has 4 rings (SSSR count). The van der Waals surface area contributed by atoms with Crippen LogP contribution in [0.5, 0.6) is 11.5 Å². The Morgan fingerprint density at radius 2 is 1.46 bits per heavy atom. The number of rotatable bonds is 5. The Kier molecular flexibility index (Phi) is 6.53.